The number of fused-ring (bicyclic) bond motifs is 1. The molecule has 0 bridgehead atoms. The number of nitrogens with zero attached hydrogens (tertiary/aromatic N) is 1. The molecule has 0 fully saturated rings. The number of para-hydroxylation sites is 1. The van der Waals surface area contributed by atoms with Crippen LogP contribution in [-0.2, 0) is 6.54 Å². The third kappa shape index (κ3) is 1.56. The van der Waals surface area contributed by atoms with E-state index in [1.165, 1.54) is 4.57 Å². The van der Waals surface area contributed by atoms with Gasteiger partial charge in [-0.2, -0.15) is 0 Å². The third-order valence-corrected chi connectivity index (χ3v) is 2.68. The van der Waals surface area contributed by atoms with Crippen molar-refractivity contribution in [3.63, 3.8) is 0 Å². The Balaban J connectivity index is 3.05. The molecule has 0 aliphatic rings. The molecular formula is C12H11NO4. The van der Waals surface area contributed by atoms with Gasteiger partial charge >= 0.3 is 5.97 Å². The first-order chi connectivity index (χ1) is 8.07. The summed E-state index contributed by atoms with van der Waals surface area (Å²) in [5.74, 6) is -1.89. The first kappa shape index (κ1) is 11.2. The molecule has 88 valence electrons. The standard InChI is InChI=1S/C12H11NO4/c1-2-13-8-6-4-3-5-7(8)10(14)9(11(13)15)12(16)17/h3-6,14H,2H2,1H3,(H,16,17). The molecule has 0 radical (unpaired) electrons. The van der Waals surface area contributed by atoms with E-state index in [-0.39, 0.29) is 0 Å². The van der Waals surface area contributed by atoms with E-state index in [0.29, 0.717) is 17.4 Å². The Labute approximate surface area is 96.5 Å². The molecule has 5 heteroatoms. The molecule has 0 atom stereocenters. The lowest BCUT2D eigenvalue weighted by Crippen LogP contribution is -2.26. The van der Waals surface area contributed by atoms with E-state index < -0.39 is 22.8 Å². The second-order valence-corrected chi connectivity index (χ2v) is 3.60. The molecule has 0 aliphatic heterocycles. The Morgan fingerprint density at radius 2 is 2.00 bits per heavy atom. The Morgan fingerprint density at radius 1 is 1.35 bits per heavy atom. The zero-order chi connectivity index (χ0) is 12.6. The minimum Gasteiger partial charge on any atom is -0.506 e. The maximum atomic E-state index is 11.9. The number of aromatic hydroxyl groups is 1. The van der Waals surface area contributed by atoms with Crippen molar-refractivity contribution in [2.45, 2.75) is 13.5 Å². The van der Waals surface area contributed by atoms with Crippen molar-refractivity contribution < 1.29 is 15.0 Å². The van der Waals surface area contributed by atoms with Crippen molar-refractivity contribution >= 4 is 16.9 Å². The second kappa shape index (κ2) is 3.93. The van der Waals surface area contributed by atoms with E-state index >= 15 is 0 Å². The number of hydrogen-bond acceptors (Lipinski definition) is 3. The van der Waals surface area contributed by atoms with Crippen LogP contribution in [0, 0.1) is 0 Å². The summed E-state index contributed by atoms with van der Waals surface area (Å²) in [6.45, 7) is 2.09. The Bertz CT molecular complexity index is 657. The van der Waals surface area contributed by atoms with Gasteiger partial charge in [0.1, 0.15) is 5.75 Å². The molecule has 1 heterocycles. The molecule has 2 N–H and O–H groups in total. The van der Waals surface area contributed by atoms with Gasteiger partial charge < -0.3 is 14.8 Å². The largest absolute Gasteiger partial charge is 0.506 e. The second-order valence-electron chi connectivity index (χ2n) is 3.60. The Morgan fingerprint density at radius 3 is 2.59 bits per heavy atom. The summed E-state index contributed by atoms with van der Waals surface area (Å²) in [6.07, 6.45) is 0. The summed E-state index contributed by atoms with van der Waals surface area (Å²) in [5, 5.41) is 19.1. The SMILES string of the molecule is CCn1c(=O)c(C(=O)O)c(O)c2ccccc21. The van der Waals surface area contributed by atoms with Crippen molar-refractivity contribution in [1.29, 1.82) is 0 Å². The van der Waals surface area contributed by atoms with Gasteiger partial charge in [-0.1, -0.05) is 12.1 Å². The molecule has 0 unspecified atom stereocenters. The fraction of sp³-hybridized carbons (Fsp3) is 0.167. The number of pyridine rings is 1. The topological polar surface area (TPSA) is 79.5 Å². The van der Waals surface area contributed by atoms with E-state index in [2.05, 4.69) is 0 Å². The number of benzene rings is 1. The minimum atomic E-state index is -1.42. The summed E-state index contributed by atoms with van der Waals surface area (Å²) in [7, 11) is 0. The highest BCUT2D eigenvalue weighted by Crippen LogP contribution is 2.25. The van der Waals surface area contributed by atoms with Gasteiger partial charge in [-0.15, -0.1) is 0 Å². The Hall–Kier alpha value is -2.30. The van der Waals surface area contributed by atoms with E-state index in [4.69, 9.17) is 5.11 Å². The predicted octanol–water partition coefficient (Wildman–Crippen LogP) is 1.43. The summed E-state index contributed by atoms with van der Waals surface area (Å²) < 4.78 is 1.33. The summed E-state index contributed by atoms with van der Waals surface area (Å²) in [6, 6.07) is 6.67. The molecule has 5 nitrogen and oxygen atoms in total. The molecule has 0 aliphatic carbocycles. The number of carboxylic acid groups (broad SMARTS) is 1. The molecule has 1 aromatic heterocycles. The van der Waals surface area contributed by atoms with Crippen LogP contribution in [0.15, 0.2) is 29.1 Å². The first-order valence-corrected chi connectivity index (χ1v) is 5.15. The van der Waals surface area contributed by atoms with Crippen LogP contribution in [0.2, 0.25) is 0 Å². The minimum absolute atomic E-state index is 0.347. The molecule has 2 rings (SSSR count). The van der Waals surface area contributed by atoms with Crippen LogP contribution < -0.4 is 5.56 Å². The first-order valence-electron chi connectivity index (χ1n) is 5.15. The summed E-state index contributed by atoms with van der Waals surface area (Å²) in [4.78, 5) is 22.9. The van der Waals surface area contributed by atoms with Crippen molar-refractivity contribution in [2.24, 2.45) is 0 Å². The maximum Gasteiger partial charge on any atom is 0.345 e. The third-order valence-electron chi connectivity index (χ3n) is 2.68. The molecule has 1 aromatic carbocycles. The van der Waals surface area contributed by atoms with Gasteiger partial charge in [-0.05, 0) is 19.1 Å². The van der Waals surface area contributed by atoms with Crippen molar-refractivity contribution in [1.82, 2.24) is 4.57 Å². The van der Waals surface area contributed by atoms with E-state index in [1.807, 2.05) is 0 Å². The molecular weight excluding hydrogens is 222 g/mol. The number of hydrogen-bond donors (Lipinski definition) is 2. The van der Waals surface area contributed by atoms with Crippen LogP contribution in [-0.4, -0.2) is 20.7 Å². The van der Waals surface area contributed by atoms with Gasteiger partial charge in [0.15, 0.2) is 5.56 Å². The average Bonchev–Trinajstić information content (AvgIpc) is 2.29. The maximum absolute atomic E-state index is 11.9. The lowest BCUT2D eigenvalue weighted by molar-refractivity contribution is 0.0691. The van der Waals surface area contributed by atoms with Crippen LogP contribution in [0.5, 0.6) is 5.75 Å². The molecule has 0 saturated heterocycles. The number of aromatic nitrogens is 1. The van der Waals surface area contributed by atoms with Crippen LogP contribution in [0.25, 0.3) is 10.9 Å². The van der Waals surface area contributed by atoms with Crippen LogP contribution in [0.3, 0.4) is 0 Å². The number of carboxylic acids is 1. The lowest BCUT2D eigenvalue weighted by atomic mass is 10.1. The zero-order valence-electron chi connectivity index (χ0n) is 9.17. The number of aromatic carboxylic acids is 1. The number of aryl methyl sites for hydroxylation is 1. The Kier molecular flexibility index (Phi) is 2.59. The summed E-state index contributed by atoms with van der Waals surface area (Å²) in [5.41, 5.74) is -0.732. The monoisotopic (exact) mass is 233 g/mol. The smallest absolute Gasteiger partial charge is 0.345 e. The van der Waals surface area contributed by atoms with Gasteiger partial charge in [0.2, 0.25) is 0 Å². The quantitative estimate of drug-likeness (QED) is 0.822. The molecule has 0 spiro atoms. The van der Waals surface area contributed by atoms with Crippen molar-refractivity contribution in [3.05, 3.63) is 40.2 Å². The lowest BCUT2D eigenvalue weighted by Gasteiger charge is -2.11. The van der Waals surface area contributed by atoms with E-state index in [1.54, 1.807) is 31.2 Å². The van der Waals surface area contributed by atoms with Crippen LogP contribution in [0.4, 0.5) is 0 Å². The highest BCUT2D eigenvalue weighted by Gasteiger charge is 2.20. The van der Waals surface area contributed by atoms with Crippen LogP contribution >= 0.6 is 0 Å². The van der Waals surface area contributed by atoms with E-state index in [0.717, 1.165) is 0 Å². The fourth-order valence-corrected chi connectivity index (χ4v) is 1.90. The van der Waals surface area contributed by atoms with Crippen molar-refractivity contribution in [3.8, 4) is 5.75 Å². The highest BCUT2D eigenvalue weighted by molar-refractivity contribution is 5.98. The zero-order valence-corrected chi connectivity index (χ0v) is 9.17. The van der Waals surface area contributed by atoms with Gasteiger partial charge in [0.25, 0.3) is 5.56 Å². The average molecular weight is 233 g/mol. The number of rotatable bonds is 2. The molecule has 0 saturated carbocycles. The number of carbonyl (C=O) groups is 1. The molecule has 0 amide bonds. The fourth-order valence-electron chi connectivity index (χ4n) is 1.90. The highest BCUT2D eigenvalue weighted by atomic mass is 16.4. The van der Waals surface area contributed by atoms with E-state index in [9.17, 15) is 14.7 Å². The molecule has 17 heavy (non-hydrogen) atoms. The normalized spacial score (nSPS) is 10.6. The van der Waals surface area contributed by atoms with Gasteiger partial charge in [-0.25, -0.2) is 4.79 Å². The van der Waals surface area contributed by atoms with Gasteiger partial charge in [-0.3, -0.25) is 4.79 Å². The summed E-state index contributed by atoms with van der Waals surface area (Å²) >= 11 is 0. The van der Waals surface area contributed by atoms with Crippen molar-refractivity contribution in [2.75, 3.05) is 0 Å². The molecule has 2 aromatic rings. The van der Waals surface area contributed by atoms with Gasteiger partial charge in [0.05, 0.1) is 5.52 Å². The predicted molar refractivity (Wildman–Crippen MR) is 62.5 cm³/mol. The van der Waals surface area contributed by atoms with Crippen LogP contribution in [0.1, 0.15) is 17.3 Å². The van der Waals surface area contributed by atoms with Gasteiger partial charge in [0, 0.05) is 11.9 Å².